The van der Waals surface area contributed by atoms with Gasteiger partial charge in [-0.05, 0) is 32.4 Å². The molecule has 0 saturated heterocycles. The molecule has 1 aromatic rings. The standard InChI is InChI=1S/C13H16F3N3O5/c14-13(15,16)9-7-11(18(21)22)10(12(8-9)19(23)24)3-1-4-17-5-2-6-20/h7-8,17,20H,1-6H2. The molecular formula is C13H16F3N3O5. The van der Waals surface area contributed by atoms with Gasteiger partial charge in [0, 0.05) is 18.7 Å². The first kappa shape index (κ1) is 19.8. The summed E-state index contributed by atoms with van der Waals surface area (Å²) in [6, 6.07) is 0.642. The maximum atomic E-state index is 12.8. The fourth-order valence-electron chi connectivity index (χ4n) is 2.11. The molecule has 0 heterocycles. The number of nitro groups is 2. The Kier molecular flexibility index (Phi) is 7.04. The Morgan fingerprint density at radius 2 is 1.54 bits per heavy atom. The summed E-state index contributed by atoms with van der Waals surface area (Å²) in [7, 11) is 0. The number of nitro benzene ring substituents is 2. The van der Waals surface area contributed by atoms with E-state index in [0.29, 0.717) is 31.6 Å². The average Bonchev–Trinajstić information content (AvgIpc) is 2.48. The molecule has 1 aromatic carbocycles. The summed E-state index contributed by atoms with van der Waals surface area (Å²) in [4.78, 5) is 20.0. The number of aliphatic hydroxyl groups is 1. The van der Waals surface area contributed by atoms with E-state index in [1.54, 1.807) is 0 Å². The zero-order chi connectivity index (χ0) is 18.3. The number of rotatable bonds is 9. The molecule has 0 amide bonds. The first-order valence-electron chi connectivity index (χ1n) is 7.03. The largest absolute Gasteiger partial charge is 0.416 e. The maximum Gasteiger partial charge on any atom is 0.416 e. The molecule has 134 valence electrons. The van der Waals surface area contributed by atoms with Crippen LogP contribution in [0.3, 0.4) is 0 Å². The highest BCUT2D eigenvalue weighted by Crippen LogP contribution is 2.38. The molecule has 1 rings (SSSR count). The van der Waals surface area contributed by atoms with Gasteiger partial charge in [-0.2, -0.15) is 13.2 Å². The normalized spacial score (nSPS) is 11.5. The number of hydrogen-bond donors (Lipinski definition) is 2. The van der Waals surface area contributed by atoms with Crippen LogP contribution in [0.4, 0.5) is 24.5 Å². The number of aliphatic hydroxyl groups excluding tert-OH is 1. The van der Waals surface area contributed by atoms with Gasteiger partial charge in [-0.1, -0.05) is 0 Å². The van der Waals surface area contributed by atoms with Gasteiger partial charge in [0.1, 0.15) is 5.56 Å². The Hall–Kier alpha value is -2.27. The van der Waals surface area contributed by atoms with Crippen molar-refractivity contribution in [3.63, 3.8) is 0 Å². The van der Waals surface area contributed by atoms with Crippen molar-refractivity contribution in [1.82, 2.24) is 5.32 Å². The minimum absolute atomic E-state index is 0.0111. The van der Waals surface area contributed by atoms with Crippen LogP contribution in [0.2, 0.25) is 0 Å². The lowest BCUT2D eigenvalue weighted by atomic mass is 10.0. The number of halogens is 3. The summed E-state index contributed by atoms with van der Waals surface area (Å²) < 4.78 is 38.3. The van der Waals surface area contributed by atoms with Crippen molar-refractivity contribution in [2.45, 2.75) is 25.4 Å². The van der Waals surface area contributed by atoms with Gasteiger partial charge in [0.2, 0.25) is 0 Å². The number of nitrogens with one attached hydrogen (secondary N) is 1. The lowest BCUT2D eigenvalue weighted by molar-refractivity contribution is -0.395. The summed E-state index contributed by atoms with van der Waals surface area (Å²) in [5.74, 6) is 0. The van der Waals surface area contributed by atoms with Crippen molar-refractivity contribution in [2.75, 3.05) is 19.7 Å². The van der Waals surface area contributed by atoms with E-state index < -0.39 is 33.0 Å². The van der Waals surface area contributed by atoms with Crippen molar-refractivity contribution in [1.29, 1.82) is 0 Å². The van der Waals surface area contributed by atoms with Gasteiger partial charge in [-0.3, -0.25) is 20.2 Å². The summed E-state index contributed by atoms with van der Waals surface area (Å²) in [6.07, 6.45) is -4.27. The molecular weight excluding hydrogens is 335 g/mol. The van der Waals surface area contributed by atoms with Crippen molar-refractivity contribution in [2.24, 2.45) is 0 Å². The summed E-state index contributed by atoms with van der Waals surface area (Å²) in [5, 5.41) is 33.6. The fourth-order valence-corrected chi connectivity index (χ4v) is 2.11. The summed E-state index contributed by atoms with van der Waals surface area (Å²) in [6.45, 7) is 0.839. The second kappa shape index (κ2) is 8.55. The summed E-state index contributed by atoms with van der Waals surface area (Å²) >= 11 is 0. The van der Waals surface area contributed by atoms with E-state index in [0.717, 1.165) is 0 Å². The van der Waals surface area contributed by atoms with E-state index >= 15 is 0 Å². The predicted octanol–water partition coefficient (Wildman–Crippen LogP) is 2.43. The Labute approximate surface area is 134 Å². The van der Waals surface area contributed by atoms with Crippen molar-refractivity contribution >= 4 is 11.4 Å². The summed E-state index contributed by atoms with van der Waals surface area (Å²) in [5.41, 5.74) is -3.58. The van der Waals surface area contributed by atoms with Crippen molar-refractivity contribution in [3.8, 4) is 0 Å². The lowest BCUT2D eigenvalue weighted by Gasteiger charge is -2.10. The fraction of sp³-hybridized carbons (Fsp3) is 0.538. The van der Waals surface area contributed by atoms with Crippen LogP contribution >= 0.6 is 0 Å². The van der Waals surface area contributed by atoms with Gasteiger partial charge in [-0.15, -0.1) is 0 Å². The third kappa shape index (κ3) is 5.42. The van der Waals surface area contributed by atoms with Crippen LogP contribution < -0.4 is 5.32 Å². The third-order valence-corrected chi connectivity index (χ3v) is 3.22. The Balaban J connectivity index is 3.08. The predicted molar refractivity (Wildman–Crippen MR) is 77.6 cm³/mol. The molecule has 0 spiro atoms. The molecule has 0 unspecified atom stereocenters. The number of benzene rings is 1. The molecule has 0 aliphatic heterocycles. The van der Waals surface area contributed by atoms with E-state index in [1.165, 1.54) is 0 Å². The average molecular weight is 351 g/mol. The monoisotopic (exact) mass is 351 g/mol. The first-order valence-corrected chi connectivity index (χ1v) is 7.03. The molecule has 8 nitrogen and oxygen atoms in total. The van der Waals surface area contributed by atoms with E-state index in [4.69, 9.17) is 5.11 Å². The first-order chi connectivity index (χ1) is 11.2. The van der Waals surface area contributed by atoms with Crippen LogP contribution in [-0.4, -0.2) is 34.6 Å². The Morgan fingerprint density at radius 3 is 1.96 bits per heavy atom. The van der Waals surface area contributed by atoms with Crippen LogP contribution in [0.1, 0.15) is 24.0 Å². The van der Waals surface area contributed by atoms with Gasteiger partial charge >= 0.3 is 6.18 Å². The SMILES string of the molecule is O=[N+]([O-])c1cc(C(F)(F)F)cc([N+](=O)[O-])c1CCCNCCCO. The highest BCUT2D eigenvalue weighted by Gasteiger charge is 2.37. The van der Waals surface area contributed by atoms with Crippen LogP contribution in [-0.2, 0) is 12.6 Å². The molecule has 0 aliphatic carbocycles. The van der Waals surface area contributed by atoms with Crippen molar-refractivity contribution < 1.29 is 28.1 Å². The lowest BCUT2D eigenvalue weighted by Crippen LogP contribution is -2.18. The molecule has 2 N–H and O–H groups in total. The molecule has 24 heavy (non-hydrogen) atoms. The van der Waals surface area contributed by atoms with Gasteiger partial charge in [0.25, 0.3) is 11.4 Å². The minimum Gasteiger partial charge on any atom is -0.396 e. The maximum absolute atomic E-state index is 12.8. The molecule has 11 heteroatoms. The highest BCUT2D eigenvalue weighted by molar-refractivity contribution is 5.57. The molecule has 0 fully saturated rings. The molecule has 0 atom stereocenters. The number of hydrogen-bond acceptors (Lipinski definition) is 6. The quantitative estimate of drug-likeness (QED) is 0.401. The molecule has 0 radical (unpaired) electrons. The van der Waals surface area contributed by atoms with Crippen LogP contribution in [0.5, 0.6) is 0 Å². The van der Waals surface area contributed by atoms with E-state index in [2.05, 4.69) is 5.32 Å². The van der Waals surface area contributed by atoms with Gasteiger partial charge in [0.15, 0.2) is 0 Å². The van der Waals surface area contributed by atoms with Crippen LogP contribution in [0.25, 0.3) is 0 Å². The van der Waals surface area contributed by atoms with Crippen LogP contribution in [0.15, 0.2) is 12.1 Å². The zero-order valence-electron chi connectivity index (χ0n) is 12.5. The molecule has 0 aliphatic rings. The second-order valence-corrected chi connectivity index (χ2v) is 4.94. The highest BCUT2D eigenvalue weighted by atomic mass is 19.4. The second-order valence-electron chi connectivity index (χ2n) is 4.94. The topological polar surface area (TPSA) is 119 Å². The minimum atomic E-state index is -4.92. The Bertz CT molecular complexity index is 572. The molecule has 0 saturated carbocycles. The number of alkyl halides is 3. The van der Waals surface area contributed by atoms with Gasteiger partial charge < -0.3 is 10.4 Å². The molecule has 0 bridgehead atoms. The van der Waals surface area contributed by atoms with E-state index in [9.17, 15) is 33.4 Å². The van der Waals surface area contributed by atoms with Gasteiger partial charge in [-0.25, -0.2) is 0 Å². The number of nitrogens with zero attached hydrogens (tertiary/aromatic N) is 2. The zero-order valence-corrected chi connectivity index (χ0v) is 12.5. The van der Waals surface area contributed by atoms with E-state index in [-0.39, 0.29) is 25.0 Å². The Morgan fingerprint density at radius 1 is 1.04 bits per heavy atom. The molecule has 0 aromatic heterocycles. The van der Waals surface area contributed by atoms with Crippen LogP contribution in [0, 0.1) is 20.2 Å². The smallest absolute Gasteiger partial charge is 0.396 e. The van der Waals surface area contributed by atoms with E-state index in [1.807, 2.05) is 0 Å². The van der Waals surface area contributed by atoms with Crippen molar-refractivity contribution in [3.05, 3.63) is 43.5 Å². The third-order valence-electron chi connectivity index (χ3n) is 3.22. The van der Waals surface area contributed by atoms with Gasteiger partial charge in [0.05, 0.1) is 15.4 Å².